The maximum Gasteiger partial charge on any atom is 0.421 e. The van der Waals surface area contributed by atoms with Crippen molar-refractivity contribution in [3.05, 3.63) is 65.9 Å². The van der Waals surface area contributed by atoms with Gasteiger partial charge in [-0.2, -0.15) is 18.2 Å². The van der Waals surface area contributed by atoms with Crippen LogP contribution in [0.2, 0.25) is 0 Å². The summed E-state index contributed by atoms with van der Waals surface area (Å²) in [5.74, 6) is 0.387. The second-order valence-corrected chi connectivity index (χ2v) is 5.80. The first-order chi connectivity index (χ1) is 12.8. The van der Waals surface area contributed by atoms with Gasteiger partial charge in [-0.05, 0) is 48.9 Å². The van der Waals surface area contributed by atoms with Crippen LogP contribution in [-0.2, 0) is 6.18 Å². The summed E-state index contributed by atoms with van der Waals surface area (Å²) in [7, 11) is 1.55. The largest absolute Gasteiger partial charge is 0.497 e. The summed E-state index contributed by atoms with van der Waals surface area (Å²) < 4.78 is 45.0. The summed E-state index contributed by atoms with van der Waals surface area (Å²) in [5.41, 5.74) is 1.11. The van der Waals surface area contributed by atoms with Crippen molar-refractivity contribution in [2.45, 2.75) is 13.1 Å². The highest BCUT2D eigenvalue weighted by Crippen LogP contribution is 2.35. The molecule has 2 N–H and O–H groups in total. The smallest absolute Gasteiger partial charge is 0.421 e. The van der Waals surface area contributed by atoms with Crippen LogP contribution >= 0.6 is 0 Å². The zero-order chi connectivity index (χ0) is 19.4. The fourth-order valence-electron chi connectivity index (χ4n) is 2.41. The van der Waals surface area contributed by atoms with E-state index in [0.717, 1.165) is 11.8 Å². The average Bonchev–Trinajstić information content (AvgIpc) is 2.61. The van der Waals surface area contributed by atoms with Crippen molar-refractivity contribution >= 4 is 23.1 Å². The highest BCUT2D eigenvalue weighted by molar-refractivity contribution is 5.63. The quantitative estimate of drug-likeness (QED) is 0.635. The molecule has 0 aliphatic rings. The molecule has 0 aliphatic carbocycles. The minimum atomic E-state index is -4.58. The van der Waals surface area contributed by atoms with Crippen LogP contribution in [-0.4, -0.2) is 17.1 Å². The van der Waals surface area contributed by atoms with Gasteiger partial charge in [0.1, 0.15) is 17.1 Å². The molecule has 5 nitrogen and oxygen atoms in total. The van der Waals surface area contributed by atoms with E-state index < -0.39 is 11.7 Å². The SMILES string of the molecule is COc1ccc(Nc2ncc(C(F)(F)F)c(Nc3cccc(C)c3)n2)cc1. The molecule has 0 saturated carbocycles. The van der Waals surface area contributed by atoms with Crippen molar-refractivity contribution < 1.29 is 17.9 Å². The fourth-order valence-corrected chi connectivity index (χ4v) is 2.41. The Labute approximate surface area is 154 Å². The lowest BCUT2D eigenvalue weighted by Gasteiger charge is -2.15. The number of rotatable bonds is 5. The number of anilines is 4. The minimum Gasteiger partial charge on any atom is -0.497 e. The number of hydrogen-bond acceptors (Lipinski definition) is 5. The van der Waals surface area contributed by atoms with E-state index in [2.05, 4.69) is 20.6 Å². The van der Waals surface area contributed by atoms with Crippen LogP contribution in [0.3, 0.4) is 0 Å². The van der Waals surface area contributed by atoms with Gasteiger partial charge in [0, 0.05) is 17.6 Å². The van der Waals surface area contributed by atoms with Crippen LogP contribution in [0.1, 0.15) is 11.1 Å². The predicted molar refractivity (Wildman–Crippen MR) is 97.8 cm³/mol. The minimum absolute atomic E-state index is 0.0447. The summed E-state index contributed by atoms with van der Waals surface area (Å²) in [6, 6.07) is 13.9. The van der Waals surface area contributed by atoms with Crippen molar-refractivity contribution in [2.24, 2.45) is 0 Å². The standard InChI is InChI=1S/C19H17F3N4O/c1-12-4-3-5-14(10-12)24-17-16(19(20,21)22)11-23-18(26-17)25-13-6-8-15(27-2)9-7-13/h3-11H,1-2H3,(H2,23,24,25,26). The number of benzene rings is 2. The molecule has 3 aromatic rings. The Kier molecular flexibility index (Phi) is 5.16. The normalized spacial score (nSPS) is 11.1. The summed E-state index contributed by atoms with van der Waals surface area (Å²) in [5, 5.41) is 5.62. The van der Waals surface area contributed by atoms with Crippen molar-refractivity contribution in [2.75, 3.05) is 17.7 Å². The molecule has 140 valence electrons. The first-order valence-electron chi connectivity index (χ1n) is 8.04. The van der Waals surface area contributed by atoms with Gasteiger partial charge in [-0.1, -0.05) is 12.1 Å². The van der Waals surface area contributed by atoms with Gasteiger partial charge in [0.2, 0.25) is 5.95 Å². The number of nitrogens with one attached hydrogen (secondary N) is 2. The molecule has 2 aromatic carbocycles. The lowest BCUT2D eigenvalue weighted by Crippen LogP contribution is -2.12. The molecule has 0 saturated heterocycles. The number of ether oxygens (including phenoxy) is 1. The van der Waals surface area contributed by atoms with Crippen LogP contribution in [0.15, 0.2) is 54.7 Å². The zero-order valence-corrected chi connectivity index (χ0v) is 14.6. The van der Waals surface area contributed by atoms with E-state index >= 15 is 0 Å². The molecule has 3 rings (SSSR count). The van der Waals surface area contributed by atoms with Crippen LogP contribution < -0.4 is 15.4 Å². The Bertz CT molecular complexity index is 927. The van der Waals surface area contributed by atoms with Crippen LogP contribution in [0.5, 0.6) is 5.75 Å². The van der Waals surface area contributed by atoms with Crippen LogP contribution in [0.4, 0.5) is 36.3 Å². The first-order valence-corrected chi connectivity index (χ1v) is 8.04. The third-order valence-corrected chi connectivity index (χ3v) is 3.72. The molecule has 1 heterocycles. The number of aromatic nitrogens is 2. The molecule has 0 fully saturated rings. The summed E-state index contributed by atoms with van der Waals surface area (Å²) >= 11 is 0. The number of methoxy groups -OCH3 is 1. The van der Waals surface area contributed by atoms with E-state index in [0.29, 0.717) is 17.1 Å². The molecule has 0 aliphatic heterocycles. The Morgan fingerprint density at radius 2 is 1.70 bits per heavy atom. The second-order valence-electron chi connectivity index (χ2n) is 5.80. The van der Waals surface area contributed by atoms with Gasteiger partial charge in [0.05, 0.1) is 7.11 Å². The molecule has 8 heteroatoms. The molecule has 0 bridgehead atoms. The highest BCUT2D eigenvalue weighted by Gasteiger charge is 2.35. The second kappa shape index (κ2) is 7.53. The van der Waals surface area contributed by atoms with Gasteiger partial charge in [-0.15, -0.1) is 0 Å². The lowest BCUT2D eigenvalue weighted by molar-refractivity contribution is -0.137. The average molecular weight is 374 g/mol. The monoisotopic (exact) mass is 374 g/mol. The number of alkyl halides is 3. The third kappa shape index (κ3) is 4.66. The maximum atomic E-state index is 13.3. The fraction of sp³-hybridized carbons (Fsp3) is 0.158. The van der Waals surface area contributed by atoms with Gasteiger partial charge < -0.3 is 15.4 Å². The zero-order valence-electron chi connectivity index (χ0n) is 14.6. The molecule has 1 aromatic heterocycles. The Morgan fingerprint density at radius 1 is 0.963 bits per heavy atom. The van der Waals surface area contributed by atoms with E-state index in [1.54, 1.807) is 49.6 Å². The van der Waals surface area contributed by atoms with Gasteiger partial charge in [0.25, 0.3) is 0 Å². The van der Waals surface area contributed by atoms with E-state index in [1.807, 2.05) is 13.0 Å². The van der Waals surface area contributed by atoms with Crippen LogP contribution in [0.25, 0.3) is 0 Å². The van der Waals surface area contributed by atoms with E-state index in [-0.39, 0.29) is 11.8 Å². The Balaban J connectivity index is 1.92. The van der Waals surface area contributed by atoms with E-state index in [9.17, 15) is 13.2 Å². The summed E-state index contributed by atoms with van der Waals surface area (Å²) in [6.07, 6.45) is -3.82. The molecule has 0 unspecified atom stereocenters. The van der Waals surface area contributed by atoms with E-state index in [1.165, 1.54) is 0 Å². The summed E-state index contributed by atoms with van der Waals surface area (Å²) in [6.45, 7) is 1.85. The van der Waals surface area contributed by atoms with Crippen molar-refractivity contribution in [1.29, 1.82) is 0 Å². The molecule has 27 heavy (non-hydrogen) atoms. The van der Waals surface area contributed by atoms with Crippen LogP contribution in [0, 0.1) is 6.92 Å². The predicted octanol–water partition coefficient (Wildman–Crippen LogP) is 5.30. The Hall–Kier alpha value is -3.29. The van der Waals surface area contributed by atoms with Gasteiger partial charge >= 0.3 is 6.18 Å². The number of halogens is 3. The number of aryl methyl sites for hydroxylation is 1. The molecular formula is C19H17F3N4O. The van der Waals surface area contributed by atoms with Gasteiger partial charge in [-0.25, -0.2) is 4.98 Å². The third-order valence-electron chi connectivity index (χ3n) is 3.72. The molecule has 0 radical (unpaired) electrons. The van der Waals surface area contributed by atoms with Crippen molar-refractivity contribution in [3.8, 4) is 5.75 Å². The number of nitrogens with zero attached hydrogens (tertiary/aromatic N) is 2. The van der Waals surface area contributed by atoms with Crippen molar-refractivity contribution in [1.82, 2.24) is 9.97 Å². The van der Waals surface area contributed by atoms with E-state index in [4.69, 9.17) is 4.74 Å². The Morgan fingerprint density at radius 3 is 2.33 bits per heavy atom. The molecule has 0 atom stereocenters. The van der Waals surface area contributed by atoms with Gasteiger partial charge in [-0.3, -0.25) is 0 Å². The number of hydrogen-bond donors (Lipinski definition) is 2. The topological polar surface area (TPSA) is 59.1 Å². The van der Waals surface area contributed by atoms with Crippen molar-refractivity contribution in [3.63, 3.8) is 0 Å². The molecule has 0 spiro atoms. The van der Waals surface area contributed by atoms with Gasteiger partial charge in [0.15, 0.2) is 0 Å². The lowest BCUT2D eigenvalue weighted by atomic mass is 10.2. The maximum absolute atomic E-state index is 13.3. The molecular weight excluding hydrogens is 357 g/mol. The first kappa shape index (κ1) is 18.5. The highest BCUT2D eigenvalue weighted by atomic mass is 19.4. The molecule has 0 amide bonds. The summed E-state index contributed by atoms with van der Waals surface area (Å²) in [4.78, 5) is 7.81.